The lowest BCUT2D eigenvalue weighted by Crippen LogP contribution is -2.69. The van der Waals surface area contributed by atoms with Crippen molar-refractivity contribution in [3.8, 4) is 55.8 Å². The smallest absolute Gasteiger partial charge is 0.213 e. The van der Waals surface area contributed by atoms with E-state index in [1.54, 1.807) is 0 Å². The third-order valence-electron chi connectivity index (χ3n) is 11.6. The molecule has 0 aliphatic carbocycles. The van der Waals surface area contributed by atoms with Crippen LogP contribution in [0.2, 0.25) is 0 Å². The van der Waals surface area contributed by atoms with Crippen LogP contribution in [0.3, 0.4) is 0 Å². The molecule has 3 aromatic heterocycles. The molecule has 0 N–H and O–H groups in total. The van der Waals surface area contributed by atoms with Gasteiger partial charge in [0, 0.05) is 60.9 Å². The van der Waals surface area contributed by atoms with Gasteiger partial charge in [-0.15, -0.1) is 0 Å². The molecule has 0 spiro atoms. The van der Waals surface area contributed by atoms with E-state index in [4.69, 9.17) is 0 Å². The van der Waals surface area contributed by atoms with Crippen molar-refractivity contribution in [2.75, 3.05) is 0 Å². The van der Waals surface area contributed by atoms with Gasteiger partial charge in [-0.25, -0.2) is 0 Å². The molecule has 0 amide bonds. The number of benzene rings is 3. The van der Waals surface area contributed by atoms with Crippen LogP contribution in [-0.4, -0.2) is 9.97 Å². The predicted molar refractivity (Wildman–Crippen MR) is 209 cm³/mol. The fourth-order valence-corrected chi connectivity index (χ4v) is 8.74. The van der Waals surface area contributed by atoms with Gasteiger partial charge in [-0.3, -0.25) is 9.97 Å². The number of fused-ring (bicyclic) bond motifs is 3. The lowest BCUT2D eigenvalue weighted by Gasteiger charge is -2.48. The highest BCUT2D eigenvalue weighted by atomic mass is 15.1. The first-order chi connectivity index (χ1) is 24.4. The summed E-state index contributed by atoms with van der Waals surface area (Å²) >= 11 is 0. The zero-order valence-corrected chi connectivity index (χ0v) is 30.4. The Morgan fingerprint density at radius 2 is 1.28 bits per heavy atom. The minimum absolute atomic E-state index is 0.0261. The molecule has 2 unspecified atom stereocenters. The number of rotatable bonds is 11. The minimum Gasteiger partial charge on any atom is -0.264 e. The largest absolute Gasteiger partial charge is 0.264 e. The van der Waals surface area contributed by atoms with Crippen molar-refractivity contribution in [2.45, 2.75) is 90.5 Å². The first kappa shape index (κ1) is 33.6. The van der Waals surface area contributed by atoms with Crippen molar-refractivity contribution < 1.29 is 4.57 Å². The quantitative estimate of drug-likeness (QED) is 0.130. The summed E-state index contributed by atoms with van der Waals surface area (Å²) in [6.07, 6.45) is 18.1. The molecule has 3 aromatic carbocycles. The van der Waals surface area contributed by atoms with Crippen molar-refractivity contribution in [2.24, 2.45) is 0 Å². The number of aryl methyl sites for hydroxylation is 1. The normalized spacial score (nSPS) is 18.0. The van der Waals surface area contributed by atoms with E-state index in [1.807, 2.05) is 30.9 Å². The Hall–Kier alpha value is -4.89. The Bertz CT molecular complexity index is 2120. The molecule has 4 heterocycles. The van der Waals surface area contributed by atoms with Crippen molar-refractivity contribution >= 4 is 0 Å². The maximum atomic E-state index is 4.65. The maximum Gasteiger partial charge on any atom is 0.213 e. The summed E-state index contributed by atoms with van der Waals surface area (Å²) in [6.45, 7) is 11.8. The van der Waals surface area contributed by atoms with Crippen molar-refractivity contribution in [1.82, 2.24) is 9.97 Å². The van der Waals surface area contributed by atoms with E-state index in [2.05, 4.69) is 146 Å². The molecule has 0 fully saturated rings. The minimum atomic E-state index is 0.0261. The lowest BCUT2D eigenvalue weighted by atomic mass is 9.58. The van der Waals surface area contributed by atoms with Crippen LogP contribution in [-0.2, 0) is 17.4 Å². The number of unbranched alkanes of at least 4 members (excludes halogenated alkanes) is 1. The van der Waals surface area contributed by atoms with E-state index in [0.717, 1.165) is 48.8 Å². The van der Waals surface area contributed by atoms with Gasteiger partial charge in [-0.1, -0.05) is 70.5 Å². The number of hydrogen-bond acceptors (Lipinski definition) is 2. The summed E-state index contributed by atoms with van der Waals surface area (Å²) in [5.41, 5.74) is 15.0. The van der Waals surface area contributed by atoms with Gasteiger partial charge < -0.3 is 0 Å². The zero-order valence-electron chi connectivity index (χ0n) is 30.4. The van der Waals surface area contributed by atoms with Gasteiger partial charge in [0.05, 0.1) is 11.0 Å². The Morgan fingerprint density at radius 1 is 0.580 bits per heavy atom. The summed E-state index contributed by atoms with van der Waals surface area (Å²) in [5.74, 6) is 0. The van der Waals surface area contributed by atoms with E-state index in [9.17, 15) is 0 Å². The van der Waals surface area contributed by atoms with E-state index in [1.165, 1.54) is 63.0 Å². The van der Waals surface area contributed by atoms with E-state index in [0.29, 0.717) is 0 Å². The molecule has 0 saturated heterocycles. The molecule has 3 nitrogen and oxygen atoms in total. The predicted octanol–water partition coefficient (Wildman–Crippen LogP) is 12.0. The molecule has 0 saturated carbocycles. The Labute approximate surface area is 299 Å². The number of hydrogen-bond donors (Lipinski definition) is 0. The highest BCUT2D eigenvalue weighted by Gasteiger charge is 2.58. The van der Waals surface area contributed by atoms with Crippen LogP contribution in [0.15, 0.2) is 128 Å². The third kappa shape index (κ3) is 5.87. The molecule has 3 heteroatoms. The average molecular weight is 657 g/mol. The molecule has 7 rings (SSSR count). The average Bonchev–Trinajstić information content (AvgIpc) is 3.18. The standard InChI is InChI=1S/C47H50N3/c1-6-10-15-34-25-42(33-49-31-34)41-28-39(27-40(29-41)38-18-14-23-48-32-38)36-17-13-16-35(26-36)37-20-21-44-43(30-37)45-19-11-12-24-50(45)47(9-4,22-7-2)46(44,5)8-3/h11-14,16-21,23-33H,6-10,15,22H2,1-5H3/q+1. The van der Waals surface area contributed by atoms with Crippen LogP contribution in [0, 0.1) is 0 Å². The van der Waals surface area contributed by atoms with Gasteiger partial charge in [0.25, 0.3) is 0 Å². The molecular weight excluding hydrogens is 607 g/mol. The van der Waals surface area contributed by atoms with Crippen LogP contribution in [0.1, 0.15) is 84.3 Å². The van der Waals surface area contributed by atoms with E-state index >= 15 is 0 Å². The molecule has 0 radical (unpaired) electrons. The molecule has 2 atom stereocenters. The van der Waals surface area contributed by atoms with Crippen molar-refractivity contribution in [1.29, 1.82) is 0 Å². The second kappa shape index (κ2) is 14.2. The van der Waals surface area contributed by atoms with Crippen LogP contribution < -0.4 is 4.57 Å². The summed E-state index contributed by atoms with van der Waals surface area (Å²) < 4.78 is 2.63. The first-order valence-corrected chi connectivity index (χ1v) is 18.7. The molecule has 252 valence electrons. The van der Waals surface area contributed by atoms with E-state index in [-0.39, 0.29) is 11.0 Å². The number of aromatic nitrogens is 3. The fourth-order valence-electron chi connectivity index (χ4n) is 8.74. The van der Waals surface area contributed by atoms with Crippen LogP contribution >= 0.6 is 0 Å². The van der Waals surface area contributed by atoms with Crippen LogP contribution in [0.5, 0.6) is 0 Å². The Morgan fingerprint density at radius 3 is 2.00 bits per heavy atom. The number of nitrogens with zero attached hydrogens (tertiary/aromatic N) is 3. The second-order valence-electron chi connectivity index (χ2n) is 14.3. The van der Waals surface area contributed by atoms with Gasteiger partial charge in [0.2, 0.25) is 5.69 Å². The topological polar surface area (TPSA) is 29.7 Å². The summed E-state index contributed by atoms with van der Waals surface area (Å²) in [4.78, 5) is 9.10. The van der Waals surface area contributed by atoms with E-state index < -0.39 is 0 Å². The van der Waals surface area contributed by atoms with Gasteiger partial charge >= 0.3 is 0 Å². The first-order valence-electron chi connectivity index (χ1n) is 18.7. The van der Waals surface area contributed by atoms with Gasteiger partial charge in [-0.2, -0.15) is 4.57 Å². The highest BCUT2D eigenvalue weighted by molar-refractivity contribution is 5.83. The summed E-state index contributed by atoms with van der Waals surface area (Å²) in [5, 5.41) is 0. The second-order valence-corrected chi connectivity index (χ2v) is 14.3. The van der Waals surface area contributed by atoms with Crippen LogP contribution in [0.25, 0.3) is 55.8 Å². The monoisotopic (exact) mass is 656 g/mol. The molecule has 1 aliphatic rings. The van der Waals surface area contributed by atoms with Crippen LogP contribution in [0.4, 0.5) is 0 Å². The number of pyridine rings is 3. The van der Waals surface area contributed by atoms with Crippen molar-refractivity contribution in [3.05, 3.63) is 139 Å². The Balaban J connectivity index is 1.34. The third-order valence-corrected chi connectivity index (χ3v) is 11.6. The SMILES string of the molecule is CCCCc1cncc(-c2cc(-c3cccnc3)cc(-c3cccc(-c4ccc5c(c4)-c4cccc[n+]4C(CC)(CCC)C5(C)CC)c3)c2)c1. The highest BCUT2D eigenvalue weighted by Crippen LogP contribution is 2.52. The molecular formula is C47H50N3+. The Kier molecular flexibility index (Phi) is 9.51. The van der Waals surface area contributed by atoms with Crippen molar-refractivity contribution in [3.63, 3.8) is 0 Å². The molecule has 6 aromatic rings. The molecule has 0 bridgehead atoms. The van der Waals surface area contributed by atoms with Gasteiger partial charge in [-0.05, 0) is 126 Å². The zero-order chi connectivity index (χ0) is 34.7. The fraction of sp³-hybridized carbons (Fsp3) is 0.298. The van der Waals surface area contributed by atoms with Gasteiger partial charge in [0.1, 0.15) is 0 Å². The summed E-state index contributed by atoms with van der Waals surface area (Å²) in [6, 6.07) is 36.4. The molecule has 1 aliphatic heterocycles. The lowest BCUT2D eigenvalue weighted by molar-refractivity contribution is -0.770. The maximum absolute atomic E-state index is 4.65. The molecule has 50 heavy (non-hydrogen) atoms. The van der Waals surface area contributed by atoms with Gasteiger partial charge in [0.15, 0.2) is 11.7 Å². The summed E-state index contributed by atoms with van der Waals surface area (Å²) in [7, 11) is 0.